The van der Waals surface area contributed by atoms with Crippen LogP contribution in [-0.2, 0) is 0 Å². The molecule has 4 saturated carbocycles. The molecule has 0 aromatic rings. The molecule has 0 radical (unpaired) electrons. The summed E-state index contributed by atoms with van der Waals surface area (Å²) >= 11 is 0. The molecule has 0 aromatic carbocycles. The van der Waals surface area contributed by atoms with Crippen molar-refractivity contribution in [1.82, 2.24) is 0 Å². The SMILES string of the molecule is CC=C=C(C)C1CCCCC2C3CCC4(CCC)C[C@](C)(/C=C/C)CCC[C@]4(C)C3CC[C@]12C. The van der Waals surface area contributed by atoms with E-state index in [1.807, 2.05) is 0 Å². The van der Waals surface area contributed by atoms with Gasteiger partial charge in [-0.25, -0.2) is 0 Å². The quantitative estimate of drug-likeness (QED) is 0.286. The Balaban J connectivity index is 1.73. The lowest BCUT2D eigenvalue weighted by Gasteiger charge is -2.65. The van der Waals surface area contributed by atoms with Gasteiger partial charge in [-0.15, -0.1) is 5.73 Å². The largest absolute Gasteiger partial charge is 0.126 e. The van der Waals surface area contributed by atoms with Crippen LogP contribution in [0.4, 0.5) is 0 Å². The van der Waals surface area contributed by atoms with Crippen LogP contribution >= 0.6 is 0 Å². The highest BCUT2D eigenvalue weighted by atomic mass is 14.7. The number of hydrogen-bond acceptors (Lipinski definition) is 0. The van der Waals surface area contributed by atoms with Crippen molar-refractivity contribution >= 4 is 0 Å². The van der Waals surface area contributed by atoms with E-state index in [-0.39, 0.29) is 0 Å². The molecule has 4 rings (SSSR count). The molecule has 8 atom stereocenters. The first-order valence-electron chi connectivity index (χ1n) is 15.2. The number of hydrogen-bond donors (Lipinski definition) is 0. The molecular formula is C34H56. The Morgan fingerprint density at radius 1 is 0.882 bits per heavy atom. The van der Waals surface area contributed by atoms with E-state index in [4.69, 9.17) is 0 Å². The minimum Gasteiger partial charge on any atom is -0.126 e. The fraction of sp³-hybridized carbons (Fsp3) is 0.853. The van der Waals surface area contributed by atoms with Crippen molar-refractivity contribution in [3.05, 3.63) is 29.5 Å². The van der Waals surface area contributed by atoms with Gasteiger partial charge in [0.25, 0.3) is 0 Å². The zero-order chi connectivity index (χ0) is 24.6. The van der Waals surface area contributed by atoms with Crippen molar-refractivity contribution in [2.45, 2.75) is 138 Å². The van der Waals surface area contributed by atoms with Gasteiger partial charge in [0.2, 0.25) is 0 Å². The van der Waals surface area contributed by atoms with Gasteiger partial charge >= 0.3 is 0 Å². The molecule has 0 nitrogen and oxygen atoms in total. The zero-order valence-corrected chi connectivity index (χ0v) is 23.9. The third kappa shape index (κ3) is 4.23. The molecule has 0 heterocycles. The molecule has 0 saturated heterocycles. The van der Waals surface area contributed by atoms with Crippen LogP contribution in [0.3, 0.4) is 0 Å². The van der Waals surface area contributed by atoms with Crippen molar-refractivity contribution in [3.63, 3.8) is 0 Å². The fourth-order valence-corrected chi connectivity index (χ4v) is 11.0. The molecule has 0 aromatic heterocycles. The monoisotopic (exact) mass is 464 g/mol. The zero-order valence-electron chi connectivity index (χ0n) is 23.9. The summed E-state index contributed by atoms with van der Waals surface area (Å²) < 4.78 is 0. The van der Waals surface area contributed by atoms with E-state index < -0.39 is 0 Å². The van der Waals surface area contributed by atoms with E-state index in [0.29, 0.717) is 21.7 Å². The summed E-state index contributed by atoms with van der Waals surface area (Å²) in [5.41, 5.74) is 7.18. The van der Waals surface area contributed by atoms with Gasteiger partial charge in [0.05, 0.1) is 0 Å². The smallest absolute Gasteiger partial charge is 0.00733 e. The molecule has 0 aliphatic heterocycles. The Morgan fingerprint density at radius 3 is 2.35 bits per heavy atom. The van der Waals surface area contributed by atoms with Gasteiger partial charge in [-0.1, -0.05) is 65.5 Å². The predicted molar refractivity (Wildman–Crippen MR) is 149 cm³/mol. The summed E-state index contributed by atoms with van der Waals surface area (Å²) in [4.78, 5) is 0. The van der Waals surface area contributed by atoms with E-state index in [9.17, 15) is 0 Å². The highest BCUT2D eigenvalue weighted by Gasteiger charge is 2.63. The summed E-state index contributed by atoms with van der Waals surface area (Å²) in [5, 5.41) is 0. The molecule has 4 fully saturated rings. The maximum Gasteiger partial charge on any atom is -0.00733 e. The number of rotatable bonds is 4. The van der Waals surface area contributed by atoms with Gasteiger partial charge in [0.1, 0.15) is 0 Å². The normalized spacial score (nSPS) is 46.9. The van der Waals surface area contributed by atoms with Gasteiger partial charge in [-0.3, -0.25) is 0 Å². The second-order valence-corrected chi connectivity index (χ2v) is 14.0. The maximum absolute atomic E-state index is 3.66. The average molecular weight is 465 g/mol. The van der Waals surface area contributed by atoms with Crippen LogP contribution in [0.2, 0.25) is 0 Å². The van der Waals surface area contributed by atoms with Crippen molar-refractivity contribution in [1.29, 1.82) is 0 Å². The Hall–Kier alpha value is -0.740. The summed E-state index contributed by atoms with van der Waals surface area (Å²) in [6, 6.07) is 0. The summed E-state index contributed by atoms with van der Waals surface area (Å²) in [6.07, 6.45) is 27.4. The summed E-state index contributed by atoms with van der Waals surface area (Å²) in [5.74, 6) is 3.58. The molecule has 0 heteroatoms. The van der Waals surface area contributed by atoms with Gasteiger partial charge < -0.3 is 0 Å². The molecule has 0 bridgehead atoms. The highest BCUT2D eigenvalue weighted by Crippen LogP contribution is 2.71. The van der Waals surface area contributed by atoms with Crippen molar-refractivity contribution in [2.75, 3.05) is 0 Å². The lowest BCUT2D eigenvalue weighted by Crippen LogP contribution is -2.57. The minimum absolute atomic E-state index is 0.402. The molecule has 4 aliphatic rings. The summed E-state index contributed by atoms with van der Waals surface area (Å²) in [7, 11) is 0. The molecule has 4 aliphatic carbocycles. The van der Waals surface area contributed by atoms with E-state index in [0.717, 1.165) is 23.7 Å². The third-order valence-electron chi connectivity index (χ3n) is 12.3. The Bertz CT molecular complexity index is 810. The van der Waals surface area contributed by atoms with Crippen LogP contribution in [0.25, 0.3) is 0 Å². The van der Waals surface area contributed by atoms with E-state index in [1.54, 1.807) is 5.57 Å². The van der Waals surface area contributed by atoms with E-state index in [2.05, 4.69) is 72.4 Å². The first-order valence-corrected chi connectivity index (χ1v) is 15.2. The predicted octanol–water partition coefficient (Wildman–Crippen LogP) is 10.7. The van der Waals surface area contributed by atoms with Crippen LogP contribution in [-0.4, -0.2) is 0 Å². The van der Waals surface area contributed by atoms with Crippen molar-refractivity contribution in [3.8, 4) is 0 Å². The Kier molecular flexibility index (Phi) is 7.71. The Morgan fingerprint density at radius 2 is 1.65 bits per heavy atom. The molecule has 0 N–H and O–H groups in total. The van der Waals surface area contributed by atoms with E-state index >= 15 is 0 Å². The van der Waals surface area contributed by atoms with Crippen LogP contribution in [0.5, 0.6) is 0 Å². The topological polar surface area (TPSA) is 0 Å². The molecule has 34 heavy (non-hydrogen) atoms. The second-order valence-electron chi connectivity index (χ2n) is 14.0. The maximum atomic E-state index is 3.66. The van der Waals surface area contributed by atoms with Crippen LogP contribution in [0, 0.1) is 45.3 Å². The first-order chi connectivity index (χ1) is 16.2. The first kappa shape index (κ1) is 26.3. The second kappa shape index (κ2) is 9.96. The van der Waals surface area contributed by atoms with Crippen molar-refractivity contribution in [2.24, 2.45) is 45.3 Å². The third-order valence-corrected chi connectivity index (χ3v) is 12.3. The van der Waals surface area contributed by atoms with Gasteiger partial charge in [0, 0.05) is 0 Å². The molecule has 0 amide bonds. The van der Waals surface area contributed by atoms with Crippen molar-refractivity contribution < 1.29 is 0 Å². The van der Waals surface area contributed by atoms with Crippen LogP contribution < -0.4 is 0 Å². The fourth-order valence-electron chi connectivity index (χ4n) is 11.0. The van der Waals surface area contributed by atoms with Crippen LogP contribution in [0.15, 0.2) is 29.5 Å². The average Bonchev–Trinajstić information content (AvgIpc) is 3.02. The standard InChI is InChI=1S/C34H56/c1-8-14-26(4)28-15-11-12-16-29-27-17-24-34(20-10-3)25-31(5,19-9-2)21-13-22-33(34,7)30(27)18-23-32(28,29)6/h8-9,19,27-30H,10-13,15-18,20-25H2,1-7H3/b19-9+/t14?,27?,28?,29?,30?,31-,32-,33-,34?/m1/s1. The number of fused-ring (bicyclic) bond motifs is 5. The lowest BCUT2D eigenvalue weighted by atomic mass is 9.39. The highest BCUT2D eigenvalue weighted by molar-refractivity contribution is 5.17. The van der Waals surface area contributed by atoms with Gasteiger partial charge in [-0.05, 0) is 142 Å². The van der Waals surface area contributed by atoms with E-state index in [1.165, 1.54) is 89.9 Å². The number of allylic oxidation sites excluding steroid dienone is 3. The molecule has 192 valence electrons. The molecule has 5 unspecified atom stereocenters. The summed E-state index contributed by atoms with van der Waals surface area (Å²) in [6.45, 7) is 17.4. The minimum atomic E-state index is 0.402. The molecular weight excluding hydrogens is 408 g/mol. The van der Waals surface area contributed by atoms with Crippen LogP contribution in [0.1, 0.15) is 138 Å². The Labute approximate surface area is 213 Å². The van der Waals surface area contributed by atoms with Gasteiger partial charge in [0.15, 0.2) is 0 Å². The molecule has 0 spiro atoms. The van der Waals surface area contributed by atoms with Gasteiger partial charge in [-0.2, -0.15) is 0 Å². The lowest BCUT2D eigenvalue weighted by molar-refractivity contribution is -0.159.